The summed E-state index contributed by atoms with van der Waals surface area (Å²) in [5.41, 5.74) is 0.713. The second-order valence-corrected chi connectivity index (χ2v) is 7.79. The third-order valence-electron chi connectivity index (χ3n) is 4.35. The van der Waals surface area contributed by atoms with Gasteiger partial charge in [-0.2, -0.15) is 0 Å². The Labute approximate surface area is 149 Å². The number of hydrogen-bond donors (Lipinski definition) is 1. The van der Waals surface area contributed by atoms with Gasteiger partial charge in [0.25, 0.3) is 5.91 Å². The monoisotopic (exact) mass is 392 g/mol. The van der Waals surface area contributed by atoms with Crippen molar-refractivity contribution in [2.24, 2.45) is 0 Å². The fourth-order valence-electron chi connectivity index (χ4n) is 3.00. The summed E-state index contributed by atoms with van der Waals surface area (Å²) in [5.74, 6) is 0.731. The highest BCUT2D eigenvalue weighted by Crippen LogP contribution is 2.30. The first-order chi connectivity index (χ1) is 11.2. The van der Waals surface area contributed by atoms with E-state index in [-0.39, 0.29) is 5.91 Å². The van der Waals surface area contributed by atoms with E-state index in [1.54, 1.807) is 0 Å². The summed E-state index contributed by atoms with van der Waals surface area (Å²) in [6.45, 7) is 3.88. The molecule has 3 rings (SSSR count). The zero-order valence-electron chi connectivity index (χ0n) is 13.0. The summed E-state index contributed by atoms with van der Waals surface area (Å²) in [4.78, 5) is 16.0. The van der Waals surface area contributed by atoms with Crippen LogP contribution in [0, 0.1) is 0 Å². The number of nitrogens with zero attached hydrogens (tertiary/aromatic N) is 1. The number of piperidine rings is 1. The molecule has 1 fully saturated rings. The smallest absolute Gasteiger partial charge is 0.251 e. The lowest BCUT2D eigenvalue weighted by molar-refractivity contribution is 0.0946. The highest BCUT2D eigenvalue weighted by molar-refractivity contribution is 9.10. The minimum absolute atomic E-state index is 0.00553. The van der Waals surface area contributed by atoms with Crippen molar-refractivity contribution >= 4 is 33.2 Å². The Bertz CT molecular complexity index is 619. The third-order valence-corrected chi connectivity index (χ3v) is 5.92. The maximum atomic E-state index is 12.1. The molecule has 5 heteroatoms. The van der Waals surface area contributed by atoms with Crippen LogP contribution < -0.4 is 5.32 Å². The molecule has 1 aliphatic heterocycles. The fraction of sp³-hybridized carbons (Fsp3) is 0.389. The van der Waals surface area contributed by atoms with Crippen molar-refractivity contribution in [1.82, 2.24) is 10.2 Å². The van der Waals surface area contributed by atoms with Crippen molar-refractivity contribution in [3.63, 3.8) is 0 Å². The lowest BCUT2D eigenvalue weighted by atomic mass is 9.95. The molecule has 1 saturated heterocycles. The Kier molecular flexibility index (Phi) is 5.86. The van der Waals surface area contributed by atoms with E-state index < -0.39 is 0 Å². The first kappa shape index (κ1) is 16.7. The highest BCUT2D eigenvalue weighted by atomic mass is 79.9. The van der Waals surface area contributed by atoms with E-state index in [1.807, 2.05) is 35.6 Å². The molecule has 1 amide bonds. The van der Waals surface area contributed by atoms with E-state index in [0.717, 1.165) is 30.0 Å². The van der Waals surface area contributed by atoms with Crippen LogP contribution in [0.4, 0.5) is 0 Å². The van der Waals surface area contributed by atoms with Gasteiger partial charge >= 0.3 is 0 Å². The van der Waals surface area contributed by atoms with Gasteiger partial charge in [-0.05, 0) is 67.6 Å². The summed E-state index contributed by atoms with van der Waals surface area (Å²) >= 11 is 5.25. The molecular weight excluding hydrogens is 372 g/mol. The Morgan fingerprint density at radius 1 is 1.22 bits per heavy atom. The summed E-state index contributed by atoms with van der Waals surface area (Å²) in [6, 6.07) is 11.9. The van der Waals surface area contributed by atoms with Gasteiger partial charge in [-0.3, -0.25) is 4.79 Å². The van der Waals surface area contributed by atoms with Crippen LogP contribution in [-0.2, 0) is 0 Å². The molecule has 122 valence electrons. The molecule has 1 N–H and O–H groups in total. The fourth-order valence-corrected chi connectivity index (χ4v) is 4.16. The van der Waals surface area contributed by atoms with Crippen molar-refractivity contribution in [2.45, 2.75) is 18.8 Å². The van der Waals surface area contributed by atoms with E-state index in [4.69, 9.17) is 0 Å². The van der Waals surface area contributed by atoms with Crippen LogP contribution in [0.1, 0.15) is 34.0 Å². The predicted molar refractivity (Wildman–Crippen MR) is 99.2 cm³/mol. The average Bonchev–Trinajstić information content (AvgIpc) is 3.10. The van der Waals surface area contributed by atoms with Crippen molar-refractivity contribution in [3.05, 3.63) is 56.7 Å². The molecule has 3 nitrogen and oxygen atoms in total. The number of nitrogens with one attached hydrogen (secondary N) is 1. The van der Waals surface area contributed by atoms with Crippen LogP contribution in [0.2, 0.25) is 0 Å². The Balaban J connectivity index is 1.38. The number of carbonyl (C=O) groups excluding carboxylic acids is 1. The molecule has 23 heavy (non-hydrogen) atoms. The lowest BCUT2D eigenvalue weighted by Crippen LogP contribution is -2.39. The molecule has 0 unspecified atom stereocenters. The first-order valence-corrected chi connectivity index (χ1v) is 9.69. The van der Waals surface area contributed by atoms with Crippen molar-refractivity contribution < 1.29 is 4.79 Å². The standard InChI is InChI=1S/C18H21BrN2OS/c19-16-5-3-15(4-6-16)18(22)20-9-12-21-10-7-14(8-11-21)17-2-1-13-23-17/h1-6,13-14H,7-12H2,(H,20,22). The van der Waals surface area contributed by atoms with Gasteiger partial charge in [-0.25, -0.2) is 0 Å². The molecule has 0 atom stereocenters. The number of rotatable bonds is 5. The maximum absolute atomic E-state index is 12.1. The molecule has 0 spiro atoms. The van der Waals surface area contributed by atoms with E-state index in [1.165, 1.54) is 17.7 Å². The van der Waals surface area contributed by atoms with Crippen LogP contribution in [0.15, 0.2) is 46.3 Å². The molecule has 2 heterocycles. The number of halogens is 1. The zero-order valence-corrected chi connectivity index (χ0v) is 15.4. The molecule has 0 aliphatic carbocycles. The van der Waals surface area contributed by atoms with Crippen LogP contribution in [-0.4, -0.2) is 37.0 Å². The van der Waals surface area contributed by atoms with Crippen molar-refractivity contribution in [2.75, 3.05) is 26.2 Å². The normalized spacial score (nSPS) is 16.4. The number of benzene rings is 1. The van der Waals surface area contributed by atoms with Crippen LogP contribution in [0.3, 0.4) is 0 Å². The molecule has 1 aromatic heterocycles. The minimum atomic E-state index is 0.00553. The Morgan fingerprint density at radius 2 is 1.96 bits per heavy atom. The van der Waals surface area contributed by atoms with Gasteiger partial charge < -0.3 is 10.2 Å². The van der Waals surface area contributed by atoms with Crippen molar-refractivity contribution in [1.29, 1.82) is 0 Å². The maximum Gasteiger partial charge on any atom is 0.251 e. The van der Waals surface area contributed by atoms with Gasteiger partial charge in [0.1, 0.15) is 0 Å². The van der Waals surface area contributed by atoms with E-state index >= 15 is 0 Å². The number of amides is 1. The summed E-state index contributed by atoms with van der Waals surface area (Å²) in [7, 11) is 0. The largest absolute Gasteiger partial charge is 0.351 e. The topological polar surface area (TPSA) is 32.3 Å². The van der Waals surface area contributed by atoms with Gasteiger partial charge in [0.2, 0.25) is 0 Å². The summed E-state index contributed by atoms with van der Waals surface area (Å²) in [6.07, 6.45) is 2.45. The van der Waals surface area contributed by atoms with Gasteiger partial charge in [0.15, 0.2) is 0 Å². The molecule has 1 aliphatic rings. The van der Waals surface area contributed by atoms with E-state index in [9.17, 15) is 4.79 Å². The van der Waals surface area contributed by atoms with Crippen molar-refractivity contribution in [3.8, 4) is 0 Å². The Hall–Kier alpha value is -1.17. The number of carbonyl (C=O) groups is 1. The van der Waals surface area contributed by atoms with Gasteiger partial charge in [-0.15, -0.1) is 11.3 Å². The molecule has 2 aromatic rings. The number of hydrogen-bond acceptors (Lipinski definition) is 3. The molecular formula is C18H21BrN2OS. The zero-order chi connectivity index (χ0) is 16.1. The first-order valence-electron chi connectivity index (χ1n) is 8.02. The summed E-state index contributed by atoms with van der Waals surface area (Å²) in [5, 5.41) is 5.18. The third kappa shape index (κ3) is 4.66. The second-order valence-electron chi connectivity index (χ2n) is 5.89. The van der Waals surface area contributed by atoms with Gasteiger partial charge in [-0.1, -0.05) is 22.0 Å². The summed E-state index contributed by atoms with van der Waals surface area (Å²) < 4.78 is 0.989. The lowest BCUT2D eigenvalue weighted by Gasteiger charge is -2.31. The van der Waals surface area contributed by atoms with Crippen LogP contribution >= 0.6 is 27.3 Å². The van der Waals surface area contributed by atoms with E-state index in [2.05, 4.69) is 43.7 Å². The molecule has 1 aromatic carbocycles. The molecule has 0 radical (unpaired) electrons. The van der Waals surface area contributed by atoms with Gasteiger partial charge in [0.05, 0.1) is 0 Å². The van der Waals surface area contributed by atoms with Crippen LogP contribution in [0.25, 0.3) is 0 Å². The molecule has 0 saturated carbocycles. The SMILES string of the molecule is O=C(NCCN1CCC(c2cccs2)CC1)c1ccc(Br)cc1. The quantitative estimate of drug-likeness (QED) is 0.829. The number of thiophene rings is 1. The molecule has 0 bridgehead atoms. The minimum Gasteiger partial charge on any atom is -0.351 e. The number of likely N-dealkylation sites (tertiary alicyclic amines) is 1. The average molecular weight is 393 g/mol. The van der Waals surface area contributed by atoms with Crippen LogP contribution in [0.5, 0.6) is 0 Å². The second kappa shape index (κ2) is 8.08. The predicted octanol–water partition coefficient (Wildman–Crippen LogP) is 4.12. The Morgan fingerprint density at radius 3 is 2.61 bits per heavy atom. The van der Waals surface area contributed by atoms with Gasteiger partial charge in [0, 0.05) is 28.0 Å². The van der Waals surface area contributed by atoms with E-state index in [0.29, 0.717) is 12.1 Å². The highest BCUT2D eigenvalue weighted by Gasteiger charge is 2.20.